The summed E-state index contributed by atoms with van der Waals surface area (Å²) in [6.45, 7) is 6.10. The van der Waals surface area contributed by atoms with E-state index in [1.807, 2.05) is 55.5 Å². The highest BCUT2D eigenvalue weighted by Gasteiger charge is 2.28. The number of benzene rings is 2. The van der Waals surface area contributed by atoms with Crippen molar-refractivity contribution in [2.24, 2.45) is 5.92 Å². The van der Waals surface area contributed by atoms with Crippen molar-refractivity contribution in [1.29, 1.82) is 0 Å². The molecular formula is C30H40N4O6. The summed E-state index contributed by atoms with van der Waals surface area (Å²) in [6, 6.07) is 12.7. The van der Waals surface area contributed by atoms with Crippen LogP contribution in [0.4, 0.5) is 0 Å². The van der Waals surface area contributed by atoms with Crippen LogP contribution in [0.2, 0.25) is 0 Å². The predicted octanol–water partition coefficient (Wildman–Crippen LogP) is 2.09. The molecule has 0 aliphatic carbocycles. The molecule has 40 heavy (non-hydrogen) atoms. The monoisotopic (exact) mass is 552 g/mol. The van der Waals surface area contributed by atoms with Crippen LogP contribution in [0.15, 0.2) is 48.5 Å². The SMILES string of the molecule is CC(=O)N[C@@H](CC(=O)O)C(=O)NC(Cc1ccccc1)C(=O)NCc1cc(OCCC2CCCNC2)ccc1C. The van der Waals surface area contributed by atoms with Crippen LogP contribution in [-0.4, -0.2) is 60.6 Å². The van der Waals surface area contributed by atoms with Crippen LogP contribution in [0.5, 0.6) is 5.75 Å². The highest BCUT2D eigenvalue weighted by molar-refractivity contribution is 5.93. The third kappa shape index (κ3) is 10.3. The molecule has 0 saturated carbocycles. The third-order valence-electron chi connectivity index (χ3n) is 6.96. The summed E-state index contributed by atoms with van der Waals surface area (Å²) in [5.41, 5.74) is 2.69. The summed E-state index contributed by atoms with van der Waals surface area (Å²) in [7, 11) is 0. The van der Waals surface area contributed by atoms with Gasteiger partial charge in [-0.2, -0.15) is 0 Å². The molecule has 0 spiro atoms. The molecule has 2 aromatic rings. The van der Waals surface area contributed by atoms with E-state index in [0.717, 1.165) is 42.0 Å². The molecule has 216 valence electrons. The minimum absolute atomic E-state index is 0.191. The lowest BCUT2D eigenvalue weighted by atomic mass is 9.97. The van der Waals surface area contributed by atoms with Crippen molar-refractivity contribution in [2.45, 2.75) is 64.6 Å². The number of hydrogen-bond donors (Lipinski definition) is 5. The zero-order valence-corrected chi connectivity index (χ0v) is 23.2. The van der Waals surface area contributed by atoms with Crippen molar-refractivity contribution in [3.63, 3.8) is 0 Å². The van der Waals surface area contributed by atoms with Gasteiger partial charge < -0.3 is 31.1 Å². The van der Waals surface area contributed by atoms with Gasteiger partial charge in [0.2, 0.25) is 17.7 Å². The third-order valence-corrected chi connectivity index (χ3v) is 6.96. The van der Waals surface area contributed by atoms with Gasteiger partial charge in [0.15, 0.2) is 0 Å². The Morgan fingerprint density at radius 3 is 2.50 bits per heavy atom. The van der Waals surface area contributed by atoms with Gasteiger partial charge in [0.1, 0.15) is 17.8 Å². The molecule has 1 heterocycles. The largest absolute Gasteiger partial charge is 0.494 e. The fraction of sp³-hybridized carbons (Fsp3) is 0.467. The minimum Gasteiger partial charge on any atom is -0.494 e. The summed E-state index contributed by atoms with van der Waals surface area (Å²) >= 11 is 0. The maximum Gasteiger partial charge on any atom is 0.305 e. The van der Waals surface area contributed by atoms with Gasteiger partial charge >= 0.3 is 5.97 Å². The number of carbonyl (C=O) groups is 4. The average Bonchev–Trinajstić information content (AvgIpc) is 2.93. The zero-order chi connectivity index (χ0) is 28.9. The molecule has 2 unspecified atom stereocenters. The lowest BCUT2D eigenvalue weighted by molar-refractivity contribution is -0.140. The molecule has 3 amide bonds. The Morgan fingerprint density at radius 1 is 1.05 bits per heavy atom. The first kappa shape index (κ1) is 30.6. The van der Waals surface area contributed by atoms with Crippen molar-refractivity contribution < 1.29 is 29.0 Å². The van der Waals surface area contributed by atoms with Gasteiger partial charge in [-0.05, 0) is 74.0 Å². The van der Waals surface area contributed by atoms with E-state index < -0.39 is 42.2 Å². The number of aliphatic carboxylic acids is 1. The molecule has 0 bridgehead atoms. The molecule has 10 nitrogen and oxygen atoms in total. The van der Waals surface area contributed by atoms with Gasteiger partial charge in [-0.25, -0.2) is 0 Å². The van der Waals surface area contributed by atoms with E-state index in [2.05, 4.69) is 21.3 Å². The smallest absolute Gasteiger partial charge is 0.305 e. The Kier molecular flexibility index (Phi) is 12.0. The first-order valence-corrected chi connectivity index (χ1v) is 13.7. The molecule has 3 atom stereocenters. The standard InChI is InChI=1S/C30H40N4O6/c1-20-10-11-25(40-14-12-23-9-6-13-31-18-23)16-24(20)19-32-29(38)26(15-22-7-4-3-5-8-22)34-30(39)27(17-28(36)37)33-21(2)35/h3-5,7-8,10-11,16,23,26-27,31H,6,9,12-15,17-19H2,1-2H3,(H,32,38)(H,33,35)(H,34,39)(H,36,37)/t23?,26?,27-/m0/s1. The van der Waals surface area contributed by atoms with E-state index in [9.17, 15) is 24.3 Å². The van der Waals surface area contributed by atoms with Crippen LogP contribution < -0.4 is 26.0 Å². The maximum atomic E-state index is 13.3. The summed E-state index contributed by atoms with van der Waals surface area (Å²) in [4.78, 5) is 49.0. The average molecular weight is 553 g/mol. The Labute approximate surface area is 235 Å². The fourth-order valence-corrected chi connectivity index (χ4v) is 4.71. The molecule has 0 radical (unpaired) electrons. The van der Waals surface area contributed by atoms with Gasteiger partial charge in [0, 0.05) is 19.9 Å². The summed E-state index contributed by atoms with van der Waals surface area (Å²) in [5.74, 6) is -1.60. The van der Waals surface area contributed by atoms with Gasteiger partial charge in [-0.15, -0.1) is 0 Å². The Bertz CT molecular complexity index is 1130. The molecule has 0 aromatic heterocycles. The van der Waals surface area contributed by atoms with E-state index in [1.54, 1.807) is 0 Å². The van der Waals surface area contributed by atoms with Crippen LogP contribution in [0.25, 0.3) is 0 Å². The van der Waals surface area contributed by atoms with E-state index in [4.69, 9.17) is 4.74 Å². The highest BCUT2D eigenvalue weighted by atomic mass is 16.5. The number of piperidine rings is 1. The highest BCUT2D eigenvalue weighted by Crippen LogP contribution is 2.20. The molecule has 10 heteroatoms. The first-order valence-electron chi connectivity index (χ1n) is 13.7. The molecule has 1 fully saturated rings. The number of nitrogens with one attached hydrogen (secondary N) is 4. The normalized spacial score (nSPS) is 16.3. The molecule has 5 N–H and O–H groups in total. The van der Waals surface area contributed by atoms with Crippen LogP contribution in [0, 0.1) is 12.8 Å². The number of carboxylic acids is 1. The predicted molar refractivity (Wildman–Crippen MR) is 151 cm³/mol. The second-order valence-corrected chi connectivity index (χ2v) is 10.3. The van der Waals surface area contributed by atoms with Crippen molar-refractivity contribution in [3.8, 4) is 5.75 Å². The maximum absolute atomic E-state index is 13.3. The van der Waals surface area contributed by atoms with E-state index in [-0.39, 0.29) is 13.0 Å². The van der Waals surface area contributed by atoms with E-state index >= 15 is 0 Å². The lowest BCUT2D eigenvalue weighted by Crippen LogP contribution is -2.54. The Balaban J connectivity index is 1.65. The van der Waals surface area contributed by atoms with Crippen molar-refractivity contribution in [1.82, 2.24) is 21.3 Å². The van der Waals surface area contributed by atoms with Gasteiger partial charge in [0.25, 0.3) is 0 Å². The minimum atomic E-state index is -1.30. The number of ether oxygens (including phenoxy) is 1. The van der Waals surface area contributed by atoms with Crippen molar-refractivity contribution >= 4 is 23.7 Å². The Hall–Kier alpha value is -3.92. The first-order chi connectivity index (χ1) is 19.2. The molecule has 2 aromatic carbocycles. The fourth-order valence-electron chi connectivity index (χ4n) is 4.71. The topological polar surface area (TPSA) is 146 Å². The number of amides is 3. The van der Waals surface area contributed by atoms with Crippen molar-refractivity contribution in [2.75, 3.05) is 19.7 Å². The number of hydrogen-bond acceptors (Lipinski definition) is 6. The molecule has 1 aliphatic heterocycles. The second kappa shape index (κ2) is 15.6. The van der Waals surface area contributed by atoms with E-state index in [1.165, 1.54) is 19.8 Å². The van der Waals surface area contributed by atoms with E-state index in [0.29, 0.717) is 12.5 Å². The molecule has 1 saturated heterocycles. The lowest BCUT2D eigenvalue weighted by Gasteiger charge is -2.23. The zero-order valence-electron chi connectivity index (χ0n) is 23.2. The summed E-state index contributed by atoms with van der Waals surface area (Å²) < 4.78 is 6.00. The molecule has 3 rings (SSSR count). The van der Waals surface area contributed by atoms with Crippen LogP contribution in [0.3, 0.4) is 0 Å². The number of carboxylic acid groups (broad SMARTS) is 1. The number of rotatable bonds is 14. The van der Waals surface area contributed by atoms with Gasteiger partial charge in [-0.3, -0.25) is 19.2 Å². The van der Waals surface area contributed by atoms with Gasteiger partial charge in [0.05, 0.1) is 13.0 Å². The van der Waals surface area contributed by atoms with Crippen LogP contribution in [-0.2, 0) is 32.1 Å². The molecular weight excluding hydrogens is 512 g/mol. The molecule has 1 aliphatic rings. The van der Waals surface area contributed by atoms with Crippen molar-refractivity contribution in [3.05, 3.63) is 65.2 Å². The number of aryl methyl sites for hydroxylation is 1. The Morgan fingerprint density at radius 2 is 1.82 bits per heavy atom. The van der Waals surface area contributed by atoms with Crippen LogP contribution >= 0.6 is 0 Å². The second-order valence-electron chi connectivity index (χ2n) is 10.3. The quantitative estimate of drug-likeness (QED) is 0.241. The summed E-state index contributed by atoms with van der Waals surface area (Å²) in [6.07, 6.45) is 2.97. The number of carbonyl (C=O) groups excluding carboxylic acids is 3. The van der Waals surface area contributed by atoms with Crippen LogP contribution in [0.1, 0.15) is 49.3 Å². The van der Waals surface area contributed by atoms with Gasteiger partial charge in [-0.1, -0.05) is 36.4 Å². The summed E-state index contributed by atoms with van der Waals surface area (Å²) in [5, 5.41) is 20.5.